The molecule has 2 rings (SSSR count). The van der Waals surface area contributed by atoms with Gasteiger partial charge < -0.3 is 4.74 Å². The standard InChI is InChI=1S/C14H9F4NO2/c1-21-13(20)10-6-12(19-7-11(10)15)8-2-4-9(5-3-8)14(16,17)18/h2-7H,1H3. The second-order valence-electron chi connectivity index (χ2n) is 4.12. The van der Waals surface area contributed by atoms with Gasteiger partial charge in [0, 0.05) is 5.56 Å². The van der Waals surface area contributed by atoms with E-state index in [9.17, 15) is 22.4 Å². The number of alkyl halides is 3. The monoisotopic (exact) mass is 299 g/mol. The summed E-state index contributed by atoms with van der Waals surface area (Å²) in [5.41, 5.74) is -0.636. The summed E-state index contributed by atoms with van der Waals surface area (Å²) in [5.74, 6) is -1.75. The Morgan fingerprint density at radius 1 is 1.19 bits per heavy atom. The molecule has 1 heterocycles. The summed E-state index contributed by atoms with van der Waals surface area (Å²) < 4.78 is 55.2. The molecule has 21 heavy (non-hydrogen) atoms. The number of ether oxygens (including phenoxy) is 1. The van der Waals surface area contributed by atoms with E-state index in [4.69, 9.17) is 0 Å². The Bertz CT molecular complexity index is 666. The molecule has 0 atom stereocenters. The second kappa shape index (κ2) is 5.51. The quantitative estimate of drug-likeness (QED) is 0.627. The number of carbonyl (C=O) groups excluding carboxylic acids is 1. The number of aromatic nitrogens is 1. The molecule has 0 saturated carbocycles. The summed E-state index contributed by atoms with van der Waals surface area (Å²) >= 11 is 0. The predicted octanol–water partition coefficient (Wildman–Crippen LogP) is 3.69. The van der Waals surface area contributed by atoms with Gasteiger partial charge in [0.05, 0.1) is 30.1 Å². The number of pyridine rings is 1. The zero-order valence-corrected chi connectivity index (χ0v) is 10.7. The number of hydrogen-bond donors (Lipinski definition) is 0. The first-order valence-corrected chi connectivity index (χ1v) is 5.74. The van der Waals surface area contributed by atoms with E-state index in [0.29, 0.717) is 5.56 Å². The minimum atomic E-state index is -4.44. The first kappa shape index (κ1) is 15.0. The van der Waals surface area contributed by atoms with E-state index < -0.39 is 23.5 Å². The maximum absolute atomic E-state index is 13.4. The second-order valence-corrected chi connectivity index (χ2v) is 4.12. The van der Waals surface area contributed by atoms with Gasteiger partial charge in [-0.05, 0) is 18.2 Å². The Morgan fingerprint density at radius 2 is 1.81 bits per heavy atom. The number of halogens is 4. The molecule has 0 amide bonds. The molecule has 7 heteroatoms. The molecule has 110 valence electrons. The molecule has 0 unspecified atom stereocenters. The van der Waals surface area contributed by atoms with Crippen LogP contribution in [-0.4, -0.2) is 18.1 Å². The summed E-state index contributed by atoms with van der Waals surface area (Å²) in [6.45, 7) is 0. The van der Waals surface area contributed by atoms with E-state index in [-0.39, 0.29) is 11.3 Å². The van der Waals surface area contributed by atoms with Crippen molar-refractivity contribution in [1.29, 1.82) is 0 Å². The van der Waals surface area contributed by atoms with E-state index in [1.165, 1.54) is 12.1 Å². The highest BCUT2D eigenvalue weighted by molar-refractivity contribution is 5.90. The topological polar surface area (TPSA) is 39.2 Å². The SMILES string of the molecule is COC(=O)c1cc(-c2ccc(C(F)(F)F)cc2)ncc1F. The highest BCUT2D eigenvalue weighted by Crippen LogP contribution is 2.30. The van der Waals surface area contributed by atoms with Gasteiger partial charge in [-0.25, -0.2) is 9.18 Å². The van der Waals surface area contributed by atoms with E-state index in [1.54, 1.807) is 0 Å². The molecule has 1 aromatic heterocycles. The van der Waals surface area contributed by atoms with Crippen LogP contribution < -0.4 is 0 Å². The van der Waals surface area contributed by atoms with Crippen LogP contribution in [0.1, 0.15) is 15.9 Å². The first-order chi connectivity index (χ1) is 9.82. The first-order valence-electron chi connectivity index (χ1n) is 5.74. The Balaban J connectivity index is 2.41. The number of benzene rings is 1. The Hall–Kier alpha value is -2.44. The van der Waals surface area contributed by atoms with Gasteiger partial charge in [-0.15, -0.1) is 0 Å². The Kier molecular flexibility index (Phi) is 3.93. The molecule has 0 spiro atoms. The minimum absolute atomic E-state index is 0.172. The Morgan fingerprint density at radius 3 is 2.33 bits per heavy atom. The molecule has 0 saturated heterocycles. The minimum Gasteiger partial charge on any atom is -0.465 e. The van der Waals surface area contributed by atoms with Gasteiger partial charge in [-0.1, -0.05) is 12.1 Å². The molecular formula is C14H9F4NO2. The van der Waals surface area contributed by atoms with Crippen molar-refractivity contribution in [3.05, 3.63) is 53.5 Å². The molecule has 0 aliphatic heterocycles. The fourth-order valence-corrected chi connectivity index (χ4v) is 1.69. The van der Waals surface area contributed by atoms with E-state index in [2.05, 4.69) is 9.72 Å². The van der Waals surface area contributed by atoms with Gasteiger partial charge >= 0.3 is 12.1 Å². The summed E-state index contributed by atoms with van der Waals surface area (Å²) in [7, 11) is 1.10. The molecule has 0 radical (unpaired) electrons. The van der Waals surface area contributed by atoms with Crippen molar-refractivity contribution in [2.45, 2.75) is 6.18 Å². The largest absolute Gasteiger partial charge is 0.465 e. The smallest absolute Gasteiger partial charge is 0.416 e. The number of hydrogen-bond acceptors (Lipinski definition) is 3. The maximum Gasteiger partial charge on any atom is 0.416 e. The maximum atomic E-state index is 13.4. The van der Waals surface area contributed by atoms with E-state index >= 15 is 0 Å². The lowest BCUT2D eigenvalue weighted by Crippen LogP contribution is -2.06. The van der Waals surface area contributed by atoms with Crippen LogP contribution in [0.2, 0.25) is 0 Å². The van der Waals surface area contributed by atoms with Gasteiger partial charge in [0.25, 0.3) is 0 Å². The zero-order chi connectivity index (χ0) is 15.6. The Labute approximate surface area is 117 Å². The normalized spacial score (nSPS) is 11.3. The summed E-state index contributed by atoms with van der Waals surface area (Å²) in [5, 5.41) is 0. The number of esters is 1. The van der Waals surface area contributed by atoms with Gasteiger partial charge in [0.15, 0.2) is 5.82 Å². The van der Waals surface area contributed by atoms with Crippen molar-refractivity contribution >= 4 is 5.97 Å². The molecule has 1 aromatic carbocycles. The van der Waals surface area contributed by atoms with Crippen LogP contribution in [0.3, 0.4) is 0 Å². The molecule has 0 aliphatic carbocycles. The fraction of sp³-hybridized carbons (Fsp3) is 0.143. The molecule has 0 N–H and O–H groups in total. The molecule has 3 nitrogen and oxygen atoms in total. The third kappa shape index (κ3) is 3.18. The molecule has 2 aromatic rings. The van der Waals surface area contributed by atoms with E-state index in [1.807, 2.05) is 0 Å². The van der Waals surface area contributed by atoms with Crippen molar-refractivity contribution in [3.63, 3.8) is 0 Å². The average Bonchev–Trinajstić information content (AvgIpc) is 2.46. The van der Waals surface area contributed by atoms with Crippen LogP contribution in [-0.2, 0) is 10.9 Å². The summed E-state index contributed by atoms with van der Waals surface area (Å²) in [6.07, 6.45) is -3.62. The molecular weight excluding hydrogens is 290 g/mol. The molecule has 0 fully saturated rings. The van der Waals surface area contributed by atoms with Crippen LogP contribution in [0.4, 0.5) is 17.6 Å². The van der Waals surface area contributed by atoms with Crippen molar-refractivity contribution < 1.29 is 27.1 Å². The lowest BCUT2D eigenvalue weighted by atomic mass is 10.1. The number of carbonyl (C=O) groups is 1. The fourth-order valence-electron chi connectivity index (χ4n) is 1.69. The van der Waals surface area contributed by atoms with Gasteiger partial charge in [0.1, 0.15) is 0 Å². The highest BCUT2D eigenvalue weighted by Gasteiger charge is 2.30. The van der Waals surface area contributed by atoms with Crippen molar-refractivity contribution in [2.24, 2.45) is 0 Å². The lowest BCUT2D eigenvalue weighted by Gasteiger charge is -2.08. The number of rotatable bonds is 2. The summed E-state index contributed by atoms with van der Waals surface area (Å²) in [4.78, 5) is 15.1. The number of methoxy groups -OCH3 is 1. The zero-order valence-electron chi connectivity index (χ0n) is 10.7. The summed E-state index contributed by atoms with van der Waals surface area (Å²) in [6, 6.07) is 5.30. The van der Waals surface area contributed by atoms with Crippen LogP contribution >= 0.6 is 0 Å². The molecule has 0 aliphatic rings. The molecule has 0 bridgehead atoms. The van der Waals surface area contributed by atoms with Crippen molar-refractivity contribution in [1.82, 2.24) is 4.98 Å². The van der Waals surface area contributed by atoms with Gasteiger partial charge in [-0.2, -0.15) is 13.2 Å². The average molecular weight is 299 g/mol. The predicted molar refractivity (Wildman–Crippen MR) is 66.0 cm³/mol. The van der Waals surface area contributed by atoms with Crippen LogP contribution in [0.15, 0.2) is 36.5 Å². The number of nitrogens with zero attached hydrogens (tertiary/aromatic N) is 1. The van der Waals surface area contributed by atoms with Crippen LogP contribution in [0.25, 0.3) is 11.3 Å². The third-order valence-electron chi connectivity index (χ3n) is 2.77. The van der Waals surface area contributed by atoms with E-state index in [0.717, 1.165) is 31.5 Å². The van der Waals surface area contributed by atoms with Crippen molar-refractivity contribution in [2.75, 3.05) is 7.11 Å². The third-order valence-corrected chi connectivity index (χ3v) is 2.77. The van der Waals surface area contributed by atoms with Crippen LogP contribution in [0.5, 0.6) is 0 Å². The van der Waals surface area contributed by atoms with Gasteiger partial charge in [-0.3, -0.25) is 4.98 Å². The van der Waals surface area contributed by atoms with Crippen molar-refractivity contribution in [3.8, 4) is 11.3 Å². The lowest BCUT2D eigenvalue weighted by molar-refractivity contribution is -0.137. The van der Waals surface area contributed by atoms with Gasteiger partial charge in [0.2, 0.25) is 0 Å². The highest BCUT2D eigenvalue weighted by atomic mass is 19.4. The van der Waals surface area contributed by atoms with Crippen LogP contribution in [0, 0.1) is 5.82 Å².